The van der Waals surface area contributed by atoms with Gasteiger partial charge in [-0.2, -0.15) is 28.5 Å². The van der Waals surface area contributed by atoms with Crippen molar-refractivity contribution < 1.29 is 27.9 Å². The van der Waals surface area contributed by atoms with E-state index in [1.807, 2.05) is 20.0 Å². The Bertz CT molecular complexity index is 1550. The molecular formula is C25H24F3N7O3S. The molecule has 0 fully saturated rings. The monoisotopic (exact) mass is 559 g/mol. The summed E-state index contributed by atoms with van der Waals surface area (Å²) in [5.74, 6) is -1.22. The number of nitrogens with zero attached hydrogens (tertiary/aromatic N) is 5. The number of hydrogen-bond donors (Lipinski definition) is 3. The molecule has 0 bridgehead atoms. The number of halogens is 3. The van der Waals surface area contributed by atoms with Crippen LogP contribution in [0.4, 0.5) is 13.2 Å². The van der Waals surface area contributed by atoms with Crippen LogP contribution >= 0.6 is 11.3 Å². The predicted octanol–water partition coefficient (Wildman–Crippen LogP) is 4.00. The van der Waals surface area contributed by atoms with E-state index < -0.39 is 17.6 Å². The summed E-state index contributed by atoms with van der Waals surface area (Å²) in [4.78, 5) is 25.6. The van der Waals surface area contributed by atoms with Crippen LogP contribution in [-0.4, -0.2) is 42.2 Å². The topological polar surface area (TPSA) is 126 Å². The molecule has 0 aliphatic carbocycles. The van der Waals surface area contributed by atoms with Crippen LogP contribution in [0.3, 0.4) is 0 Å². The average Bonchev–Trinajstić information content (AvgIpc) is 3.58. The number of hydrogen-bond acceptors (Lipinski definition) is 7. The first-order chi connectivity index (χ1) is 18.3. The van der Waals surface area contributed by atoms with Gasteiger partial charge in [0.2, 0.25) is 0 Å². The fourth-order valence-corrected chi connectivity index (χ4v) is 4.51. The molecule has 4 rings (SSSR count). The number of rotatable bonds is 7. The Balaban J connectivity index is 1.42. The van der Waals surface area contributed by atoms with Crippen LogP contribution in [0.2, 0.25) is 0 Å². The molecule has 3 N–H and O–H groups in total. The Hall–Kier alpha value is -4.46. The van der Waals surface area contributed by atoms with Crippen LogP contribution in [-0.2, 0) is 26.8 Å². The summed E-state index contributed by atoms with van der Waals surface area (Å²) in [5, 5.41) is 25.9. The molecule has 204 valence electrons. The molecule has 14 heteroatoms. The third-order valence-corrected chi connectivity index (χ3v) is 6.91. The number of carbonyl (C=O) groups excluding carboxylic acids is 2. The van der Waals surface area contributed by atoms with Gasteiger partial charge < -0.3 is 10.4 Å². The van der Waals surface area contributed by atoms with Crippen molar-refractivity contribution in [3.05, 3.63) is 74.9 Å². The average molecular weight is 560 g/mol. The van der Waals surface area contributed by atoms with E-state index in [0.717, 1.165) is 29.2 Å². The largest absolute Gasteiger partial charge is 0.504 e. The molecular weight excluding hydrogens is 535 g/mol. The molecule has 0 unspecified atom stereocenters. The van der Waals surface area contributed by atoms with Gasteiger partial charge in [0, 0.05) is 25.4 Å². The first kappa shape index (κ1) is 27.6. The lowest BCUT2D eigenvalue weighted by atomic mass is 10.1. The fraction of sp³-hybridized carbons (Fsp3) is 0.240. The van der Waals surface area contributed by atoms with E-state index in [4.69, 9.17) is 0 Å². The smallest absolute Gasteiger partial charge is 0.416 e. The van der Waals surface area contributed by atoms with Crippen LogP contribution in [0.5, 0.6) is 5.75 Å². The molecule has 0 radical (unpaired) electrons. The highest BCUT2D eigenvalue weighted by Gasteiger charge is 2.30. The third-order valence-electron chi connectivity index (χ3n) is 5.82. The maximum Gasteiger partial charge on any atom is 0.416 e. The molecule has 0 saturated carbocycles. The van der Waals surface area contributed by atoms with Gasteiger partial charge >= 0.3 is 6.18 Å². The second-order valence-corrected chi connectivity index (χ2v) is 9.71. The molecule has 0 aliphatic heterocycles. The highest BCUT2D eigenvalue weighted by atomic mass is 32.1. The quantitative estimate of drug-likeness (QED) is 0.233. The van der Waals surface area contributed by atoms with E-state index >= 15 is 0 Å². The SMILES string of the molecule is C/C(=N\NC(=O)c1ccc(C(=O)NCc2cc(C)n(C)n2)s1)c1nn(C)c(-c2ccc(C(F)(F)F)cc2)c1O. The van der Waals surface area contributed by atoms with Gasteiger partial charge in [-0.1, -0.05) is 12.1 Å². The van der Waals surface area contributed by atoms with Crippen LogP contribution in [0, 0.1) is 6.92 Å². The Labute approximate surface area is 224 Å². The van der Waals surface area contributed by atoms with E-state index in [-0.39, 0.29) is 40.2 Å². The number of aryl methyl sites for hydroxylation is 3. The van der Waals surface area contributed by atoms with Crippen LogP contribution in [0.15, 0.2) is 47.6 Å². The summed E-state index contributed by atoms with van der Waals surface area (Å²) < 4.78 is 41.6. The Morgan fingerprint density at radius 2 is 1.67 bits per heavy atom. The first-order valence-electron chi connectivity index (χ1n) is 11.5. The molecule has 3 heterocycles. The molecule has 10 nitrogen and oxygen atoms in total. The van der Waals surface area contributed by atoms with Crippen molar-refractivity contribution in [3.8, 4) is 17.0 Å². The number of aromatic hydroxyl groups is 1. The van der Waals surface area contributed by atoms with Crippen molar-refractivity contribution in [2.45, 2.75) is 26.6 Å². The highest BCUT2D eigenvalue weighted by molar-refractivity contribution is 7.15. The van der Waals surface area contributed by atoms with Gasteiger partial charge in [0.25, 0.3) is 11.8 Å². The lowest BCUT2D eigenvalue weighted by molar-refractivity contribution is -0.137. The first-order valence-corrected chi connectivity index (χ1v) is 12.3. The summed E-state index contributed by atoms with van der Waals surface area (Å²) in [6, 6.07) is 9.18. The summed E-state index contributed by atoms with van der Waals surface area (Å²) in [6.07, 6.45) is -4.48. The van der Waals surface area contributed by atoms with Crippen molar-refractivity contribution in [2.24, 2.45) is 19.2 Å². The molecule has 0 aliphatic rings. The van der Waals surface area contributed by atoms with Gasteiger partial charge in [-0.05, 0) is 44.2 Å². The zero-order valence-electron chi connectivity index (χ0n) is 21.3. The van der Waals surface area contributed by atoms with Crippen molar-refractivity contribution in [1.29, 1.82) is 0 Å². The van der Waals surface area contributed by atoms with Crippen molar-refractivity contribution >= 4 is 28.9 Å². The molecule has 0 spiro atoms. The summed E-state index contributed by atoms with van der Waals surface area (Å²) >= 11 is 0.982. The minimum Gasteiger partial charge on any atom is -0.504 e. The second kappa shape index (κ2) is 10.7. The number of nitrogens with one attached hydrogen (secondary N) is 2. The lowest BCUT2D eigenvalue weighted by Crippen LogP contribution is -2.22. The summed E-state index contributed by atoms with van der Waals surface area (Å²) in [6.45, 7) is 3.65. The third kappa shape index (κ3) is 6.00. The lowest BCUT2D eigenvalue weighted by Gasteiger charge is -2.08. The van der Waals surface area contributed by atoms with Crippen molar-refractivity contribution in [3.63, 3.8) is 0 Å². The number of carbonyl (C=O) groups is 2. The zero-order chi connectivity index (χ0) is 28.5. The van der Waals surface area contributed by atoms with E-state index in [1.165, 1.54) is 42.9 Å². The van der Waals surface area contributed by atoms with Gasteiger partial charge in [-0.3, -0.25) is 19.0 Å². The predicted molar refractivity (Wildman–Crippen MR) is 138 cm³/mol. The minimum atomic E-state index is -4.48. The summed E-state index contributed by atoms with van der Waals surface area (Å²) in [7, 11) is 3.33. The molecule has 39 heavy (non-hydrogen) atoms. The number of aromatic nitrogens is 4. The number of amides is 2. The maximum atomic E-state index is 12.9. The van der Waals surface area contributed by atoms with Gasteiger partial charge in [0.1, 0.15) is 5.69 Å². The Morgan fingerprint density at radius 3 is 2.26 bits per heavy atom. The van der Waals surface area contributed by atoms with Crippen LogP contribution in [0.25, 0.3) is 11.3 Å². The highest BCUT2D eigenvalue weighted by Crippen LogP contribution is 2.35. The van der Waals surface area contributed by atoms with Gasteiger partial charge in [-0.15, -0.1) is 11.3 Å². The zero-order valence-corrected chi connectivity index (χ0v) is 22.1. The number of hydrazone groups is 1. The van der Waals surface area contributed by atoms with Gasteiger partial charge in [0.05, 0.1) is 33.3 Å². The van der Waals surface area contributed by atoms with Crippen LogP contribution < -0.4 is 10.7 Å². The molecule has 3 aromatic heterocycles. The van der Waals surface area contributed by atoms with E-state index in [2.05, 4.69) is 26.0 Å². The van der Waals surface area contributed by atoms with Gasteiger partial charge in [0.15, 0.2) is 11.4 Å². The van der Waals surface area contributed by atoms with E-state index in [0.29, 0.717) is 16.1 Å². The number of alkyl halides is 3. The molecule has 1 aromatic carbocycles. The minimum absolute atomic E-state index is 0.0451. The fourth-order valence-electron chi connectivity index (χ4n) is 3.70. The van der Waals surface area contributed by atoms with Crippen molar-refractivity contribution in [2.75, 3.05) is 0 Å². The number of benzene rings is 1. The standard InChI is InChI=1S/C25H24F3N7O3S/c1-13-11-17(32-34(13)3)12-29-23(37)18-9-10-19(39-18)24(38)31-30-14(2)20-22(36)21(35(4)33-20)15-5-7-16(8-6-15)25(26,27)28/h5-11,36H,12H2,1-4H3,(H,29,37)(H,31,38)/b30-14+. The van der Waals surface area contributed by atoms with E-state index in [9.17, 15) is 27.9 Å². The Morgan fingerprint density at radius 1 is 1.03 bits per heavy atom. The normalized spacial score (nSPS) is 12.0. The van der Waals surface area contributed by atoms with Gasteiger partial charge in [-0.25, -0.2) is 5.43 Å². The maximum absolute atomic E-state index is 12.9. The molecule has 0 atom stereocenters. The molecule has 2 amide bonds. The molecule has 4 aromatic rings. The summed E-state index contributed by atoms with van der Waals surface area (Å²) in [5.41, 5.74) is 3.94. The molecule has 0 saturated heterocycles. The Kier molecular flexibility index (Phi) is 7.58. The van der Waals surface area contributed by atoms with Crippen molar-refractivity contribution in [1.82, 2.24) is 30.3 Å². The number of thiophene rings is 1. The van der Waals surface area contributed by atoms with Crippen LogP contribution in [0.1, 0.15) is 48.9 Å². The van der Waals surface area contributed by atoms with E-state index in [1.54, 1.807) is 4.68 Å². The second-order valence-electron chi connectivity index (χ2n) is 8.63.